The molecule has 1 heterocycles. The van der Waals surface area contributed by atoms with Gasteiger partial charge in [0.25, 0.3) is 0 Å². The molecule has 0 saturated heterocycles. The zero-order valence-corrected chi connectivity index (χ0v) is 31.5. The van der Waals surface area contributed by atoms with Crippen molar-refractivity contribution in [2.75, 3.05) is 6.26 Å². The number of nitrogens with one attached hydrogen (secondary N) is 1. The number of aromatic hydroxyl groups is 1. The van der Waals surface area contributed by atoms with Crippen LogP contribution in [0.1, 0.15) is 19.4 Å². The van der Waals surface area contributed by atoms with Crippen molar-refractivity contribution in [3.05, 3.63) is 65.5 Å². The van der Waals surface area contributed by atoms with Crippen molar-refractivity contribution >= 4 is 17.6 Å². The van der Waals surface area contributed by atoms with Gasteiger partial charge in [-0.1, -0.05) is 39.3 Å². The van der Waals surface area contributed by atoms with Crippen LogP contribution >= 0.6 is 11.8 Å². The summed E-state index contributed by atoms with van der Waals surface area (Å²) in [6, 6.07) is 0. The third-order valence-corrected chi connectivity index (χ3v) is 2.99. The van der Waals surface area contributed by atoms with Gasteiger partial charge in [-0.25, -0.2) is 4.99 Å². The monoisotopic (exact) mass is 564 g/mol. The molecule has 0 saturated carbocycles. The van der Waals surface area contributed by atoms with Crippen LogP contribution in [0.3, 0.4) is 0 Å². The number of amidine groups is 1. The summed E-state index contributed by atoms with van der Waals surface area (Å²) in [5, 5.41) is 9.48. The second-order valence-corrected chi connectivity index (χ2v) is 4.09. The Hall–Kier alpha value is 3.34. The molecule has 0 spiro atoms. The second kappa shape index (κ2) is 22.6. The standard InChI is InChI=1S/C12H14N3O2S.C2H6.CH3.3Rb/c1-4-7(9(5-2)18-3)15-11(13)10-8(16)6-14-12(10)17;1-2;;;;/h4-6,16H,1-2H2,3H3,(H2,13,15)(H,14,17);1-2H3;1H3;;;/q-1;;-1;3*+1/b9-7-;;;;;. The number of hydrogen-bond donors (Lipinski definition) is 3. The minimum absolute atomic E-state index is 0. The first-order valence-electron chi connectivity index (χ1n) is 6.00. The molecule has 0 amide bonds. The van der Waals surface area contributed by atoms with E-state index in [0.29, 0.717) is 5.70 Å². The summed E-state index contributed by atoms with van der Waals surface area (Å²) in [5.41, 5.74) is 5.68. The predicted octanol–water partition coefficient (Wildman–Crippen LogP) is -6.06. The molecule has 0 unspecified atom stereocenters. The van der Waals surface area contributed by atoms with Crippen LogP contribution in [0.15, 0.2) is 51.9 Å². The summed E-state index contributed by atoms with van der Waals surface area (Å²) in [4.78, 5) is 18.6. The molecule has 0 aromatic carbocycles. The van der Waals surface area contributed by atoms with Crippen molar-refractivity contribution in [1.82, 2.24) is 4.98 Å². The van der Waals surface area contributed by atoms with E-state index < -0.39 is 5.56 Å². The Balaban J connectivity index is -0.000000193. The fourth-order valence-corrected chi connectivity index (χ4v) is 1.83. The van der Waals surface area contributed by atoms with E-state index in [4.69, 9.17) is 5.73 Å². The van der Waals surface area contributed by atoms with Gasteiger partial charge >= 0.3 is 175 Å². The van der Waals surface area contributed by atoms with Crippen LogP contribution in [0.25, 0.3) is 0 Å². The fraction of sp³-hybridized carbons (Fsp3) is 0.200. The molecule has 118 valence electrons. The van der Waals surface area contributed by atoms with Gasteiger partial charge in [0.05, 0.1) is 11.5 Å². The van der Waals surface area contributed by atoms with Crippen molar-refractivity contribution < 1.29 is 180 Å². The fourth-order valence-electron chi connectivity index (χ4n) is 1.32. The molecular weight excluding hydrogens is 543 g/mol. The van der Waals surface area contributed by atoms with Crippen LogP contribution in [-0.2, 0) is 0 Å². The number of H-pyrrole nitrogens is 1. The van der Waals surface area contributed by atoms with Crippen LogP contribution in [0, 0.1) is 7.43 Å². The van der Waals surface area contributed by atoms with Gasteiger partial charge < -0.3 is 28.0 Å². The molecule has 0 radical (unpaired) electrons. The topological polar surface area (TPSA) is 91.5 Å². The summed E-state index contributed by atoms with van der Waals surface area (Å²) in [6.07, 6.45) is 6.15. The minimum atomic E-state index is -0.485. The summed E-state index contributed by atoms with van der Waals surface area (Å²) < 4.78 is 0. The molecule has 1 aromatic heterocycles. The van der Waals surface area contributed by atoms with Crippen LogP contribution in [0.2, 0.25) is 0 Å². The second-order valence-electron chi connectivity index (χ2n) is 3.24. The summed E-state index contributed by atoms with van der Waals surface area (Å²) in [7, 11) is 0. The molecule has 9 heteroatoms. The SMILES string of the molecule is C=C/C(N=C(N)c1c(O)[cH-][nH]c1=O)=C(\C=C)SC.CC.[CH3-].[Rb+].[Rb+].[Rb+]. The molecule has 5 nitrogen and oxygen atoms in total. The Morgan fingerprint density at radius 3 is 2.08 bits per heavy atom. The first-order chi connectivity index (χ1) is 9.54. The molecule has 0 fully saturated rings. The predicted molar refractivity (Wildman–Crippen MR) is 93.7 cm³/mol. The largest absolute Gasteiger partial charge is 1.00 e. The van der Waals surface area contributed by atoms with Gasteiger partial charge in [-0.2, -0.15) is 0 Å². The van der Waals surface area contributed by atoms with Gasteiger partial charge in [0.2, 0.25) is 0 Å². The van der Waals surface area contributed by atoms with E-state index in [1.807, 2.05) is 20.1 Å². The molecule has 1 rings (SSSR count). The Kier molecular flexibility index (Phi) is 35.8. The normalized spacial score (nSPS) is 10.0. The molecule has 1 aromatic rings. The smallest absolute Gasteiger partial charge is 0.532 e. The number of aliphatic imine (C=N–C) groups is 1. The summed E-state index contributed by atoms with van der Waals surface area (Å²) >= 11 is 1.43. The first-order valence-corrected chi connectivity index (χ1v) is 7.22. The van der Waals surface area contributed by atoms with Crippen LogP contribution in [0.4, 0.5) is 0 Å². The minimum Gasteiger partial charge on any atom is -0.532 e. The molecule has 4 N–H and O–H groups in total. The van der Waals surface area contributed by atoms with Crippen LogP contribution in [-0.4, -0.2) is 22.2 Å². The molecule has 0 aliphatic rings. The Labute approximate surface area is 296 Å². The van der Waals surface area contributed by atoms with E-state index in [2.05, 4.69) is 23.1 Å². The van der Waals surface area contributed by atoms with Crippen LogP contribution in [0.5, 0.6) is 5.75 Å². The van der Waals surface area contributed by atoms with E-state index in [1.54, 1.807) is 6.08 Å². The first kappa shape index (κ1) is 38.0. The summed E-state index contributed by atoms with van der Waals surface area (Å²) in [6.45, 7) is 11.3. The maximum atomic E-state index is 11.4. The van der Waals surface area contributed by atoms with Gasteiger partial charge in [-0.05, 0) is 17.9 Å². The van der Waals surface area contributed by atoms with Gasteiger partial charge in [-0.15, -0.1) is 11.8 Å². The Morgan fingerprint density at radius 1 is 1.29 bits per heavy atom. The quantitative estimate of drug-likeness (QED) is 0.144. The molecule has 0 aliphatic carbocycles. The molecule has 0 atom stereocenters. The third-order valence-electron chi connectivity index (χ3n) is 2.17. The van der Waals surface area contributed by atoms with Crippen molar-refractivity contribution in [1.29, 1.82) is 0 Å². The van der Waals surface area contributed by atoms with E-state index in [1.165, 1.54) is 24.0 Å². The van der Waals surface area contributed by atoms with E-state index >= 15 is 0 Å². The third kappa shape index (κ3) is 12.7. The van der Waals surface area contributed by atoms with E-state index in [9.17, 15) is 9.90 Å². The van der Waals surface area contributed by atoms with Crippen molar-refractivity contribution in [3.8, 4) is 5.75 Å². The number of aromatic amines is 1. The number of allylic oxidation sites excluding steroid dienone is 2. The molecule has 24 heavy (non-hydrogen) atoms. The zero-order valence-electron chi connectivity index (χ0n) is 15.9. The number of nitrogens with two attached hydrogens (primary N) is 1. The Morgan fingerprint density at radius 2 is 1.79 bits per heavy atom. The molecule has 0 bridgehead atoms. The average molecular weight is 566 g/mol. The van der Waals surface area contributed by atoms with Crippen molar-refractivity contribution in [3.63, 3.8) is 0 Å². The van der Waals surface area contributed by atoms with Crippen LogP contribution < -0.4 is 186 Å². The van der Waals surface area contributed by atoms with Gasteiger partial charge in [0.15, 0.2) is 0 Å². The molecule has 0 aliphatic heterocycles. The zero-order chi connectivity index (χ0) is 15.7. The number of thioether (sulfide) groups is 1. The summed E-state index contributed by atoms with van der Waals surface area (Å²) in [5.74, 6) is -0.295. The number of hydrogen-bond acceptors (Lipinski definition) is 4. The number of rotatable bonds is 5. The maximum absolute atomic E-state index is 11.4. The number of aromatic nitrogens is 1. The van der Waals surface area contributed by atoms with Gasteiger partial charge in [0, 0.05) is 10.7 Å². The van der Waals surface area contributed by atoms with Crippen molar-refractivity contribution in [2.24, 2.45) is 10.7 Å². The average Bonchev–Trinajstić information content (AvgIpc) is 2.80. The van der Waals surface area contributed by atoms with Gasteiger partial charge in [-0.3, -0.25) is 0 Å². The van der Waals surface area contributed by atoms with Gasteiger partial charge in [0.1, 0.15) is 5.56 Å². The number of nitrogens with zero attached hydrogens (tertiary/aromatic N) is 1. The Bertz CT molecular complexity index is 593. The molecular formula is C15H23N3O2Rb3S+. The maximum Gasteiger partial charge on any atom is 1.00 e. The van der Waals surface area contributed by atoms with Crippen molar-refractivity contribution in [2.45, 2.75) is 13.8 Å². The van der Waals surface area contributed by atoms with E-state index in [-0.39, 0.29) is 199 Å². The van der Waals surface area contributed by atoms with E-state index in [0.717, 1.165) is 4.91 Å².